The number of para-hydroxylation sites is 1. The number of hydrogen-bond donors (Lipinski definition) is 0. The fourth-order valence-electron chi connectivity index (χ4n) is 2.13. The van der Waals surface area contributed by atoms with Crippen LogP contribution in [0.15, 0.2) is 64.1 Å². The van der Waals surface area contributed by atoms with Gasteiger partial charge in [0, 0.05) is 10.0 Å². The fraction of sp³-hybridized carbons (Fsp3) is 0.0625. The lowest BCUT2D eigenvalue weighted by Crippen LogP contribution is -2.24. The van der Waals surface area contributed by atoms with Crippen LogP contribution in [0, 0.1) is 0 Å². The SMILES string of the molecule is O=C(Cn1cnc2ccccc2c1=O)c1cccc(Br)c1. The molecule has 0 amide bonds. The lowest BCUT2D eigenvalue weighted by molar-refractivity contribution is 0.0970. The third kappa shape index (κ3) is 2.78. The summed E-state index contributed by atoms with van der Waals surface area (Å²) in [7, 11) is 0. The molecule has 0 aliphatic heterocycles. The van der Waals surface area contributed by atoms with Crippen LogP contribution in [-0.2, 0) is 6.54 Å². The molecule has 0 unspecified atom stereocenters. The van der Waals surface area contributed by atoms with Crippen molar-refractivity contribution in [2.75, 3.05) is 0 Å². The first-order chi connectivity index (χ1) is 10.1. The van der Waals surface area contributed by atoms with E-state index >= 15 is 0 Å². The van der Waals surface area contributed by atoms with Crippen molar-refractivity contribution in [1.29, 1.82) is 0 Å². The molecule has 0 bridgehead atoms. The number of halogens is 1. The maximum atomic E-state index is 12.3. The van der Waals surface area contributed by atoms with Gasteiger partial charge in [0.05, 0.1) is 23.8 Å². The van der Waals surface area contributed by atoms with E-state index in [0.29, 0.717) is 16.5 Å². The van der Waals surface area contributed by atoms with Gasteiger partial charge >= 0.3 is 0 Å². The molecule has 2 aromatic carbocycles. The smallest absolute Gasteiger partial charge is 0.261 e. The molecule has 0 atom stereocenters. The molecule has 104 valence electrons. The second-order valence-corrected chi connectivity index (χ2v) is 5.54. The quantitative estimate of drug-likeness (QED) is 0.687. The van der Waals surface area contributed by atoms with E-state index in [-0.39, 0.29) is 17.9 Å². The Bertz CT molecular complexity index is 887. The minimum atomic E-state index is -0.205. The van der Waals surface area contributed by atoms with E-state index in [4.69, 9.17) is 0 Å². The van der Waals surface area contributed by atoms with E-state index in [2.05, 4.69) is 20.9 Å². The average molecular weight is 343 g/mol. The first kappa shape index (κ1) is 13.7. The summed E-state index contributed by atoms with van der Waals surface area (Å²) < 4.78 is 2.17. The van der Waals surface area contributed by atoms with Crippen LogP contribution in [0.2, 0.25) is 0 Å². The lowest BCUT2D eigenvalue weighted by atomic mass is 10.1. The van der Waals surface area contributed by atoms with Crippen molar-refractivity contribution in [2.45, 2.75) is 6.54 Å². The summed E-state index contributed by atoms with van der Waals surface area (Å²) >= 11 is 3.33. The van der Waals surface area contributed by atoms with Gasteiger partial charge in [0.15, 0.2) is 5.78 Å². The van der Waals surface area contributed by atoms with Crippen LogP contribution < -0.4 is 5.56 Å². The van der Waals surface area contributed by atoms with Crippen LogP contribution in [0.5, 0.6) is 0 Å². The molecule has 0 saturated carbocycles. The van der Waals surface area contributed by atoms with Gasteiger partial charge in [-0.1, -0.05) is 40.2 Å². The van der Waals surface area contributed by atoms with E-state index in [0.717, 1.165) is 4.47 Å². The molecule has 0 fully saturated rings. The predicted molar refractivity (Wildman–Crippen MR) is 84.5 cm³/mol. The zero-order chi connectivity index (χ0) is 14.8. The molecular weight excluding hydrogens is 332 g/mol. The van der Waals surface area contributed by atoms with Crippen molar-refractivity contribution >= 4 is 32.6 Å². The van der Waals surface area contributed by atoms with Gasteiger partial charge in [-0.3, -0.25) is 14.2 Å². The Morgan fingerprint density at radius 1 is 1.14 bits per heavy atom. The third-order valence-electron chi connectivity index (χ3n) is 3.19. The molecule has 4 nitrogen and oxygen atoms in total. The van der Waals surface area contributed by atoms with Crippen molar-refractivity contribution < 1.29 is 4.79 Å². The lowest BCUT2D eigenvalue weighted by Gasteiger charge is -2.06. The maximum Gasteiger partial charge on any atom is 0.261 e. The average Bonchev–Trinajstić information content (AvgIpc) is 2.50. The molecule has 21 heavy (non-hydrogen) atoms. The van der Waals surface area contributed by atoms with Crippen LogP contribution >= 0.6 is 15.9 Å². The van der Waals surface area contributed by atoms with Gasteiger partial charge in [0.2, 0.25) is 0 Å². The number of ketones is 1. The van der Waals surface area contributed by atoms with E-state index < -0.39 is 0 Å². The van der Waals surface area contributed by atoms with Crippen molar-refractivity contribution in [3.63, 3.8) is 0 Å². The van der Waals surface area contributed by atoms with Gasteiger partial charge in [-0.05, 0) is 24.3 Å². The van der Waals surface area contributed by atoms with Crippen LogP contribution in [-0.4, -0.2) is 15.3 Å². The van der Waals surface area contributed by atoms with Crippen LogP contribution in [0.4, 0.5) is 0 Å². The summed E-state index contributed by atoms with van der Waals surface area (Å²) in [5.74, 6) is -0.129. The number of carbonyl (C=O) groups excluding carboxylic acids is 1. The van der Waals surface area contributed by atoms with Crippen molar-refractivity contribution in [3.8, 4) is 0 Å². The first-order valence-electron chi connectivity index (χ1n) is 6.38. The fourth-order valence-corrected chi connectivity index (χ4v) is 2.53. The summed E-state index contributed by atoms with van der Waals surface area (Å²) in [6.45, 7) is -0.0207. The van der Waals surface area contributed by atoms with Gasteiger partial charge in [0.25, 0.3) is 5.56 Å². The van der Waals surface area contributed by atoms with E-state index in [1.165, 1.54) is 10.9 Å². The van der Waals surface area contributed by atoms with E-state index in [1.54, 1.807) is 36.4 Å². The number of hydrogen-bond acceptors (Lipinski definition) is 3. The van der Waals surface area contributed by atoms with Crippen molar-refractivity contribution in [1.82, 2.24) is 9.55 Å². The Hall–Kier alpha value is -2.27. The van der Waals surface area contributed by atoms with Gasteiger partial charge in [-0.25, -0.2) is 4.98 Å². The second kappa shape index (κ2) is 5.61. The summed E-state index contributed by atoms with van der Waals surface area (Å²) in [6, 6.07) is 14.2. The number of aromatic nitrogens is 2. The molecule has 5 heteroatoms. The topological polar surface area (TPSA) is 52.0 Å². The Balaban J connectivity index is 1.97. The maximum absolute atomic E-state index is 12.3. The highest BCUT2D eigenvalue weighted by Gasteiger charge is 2.10. The monoisotopic (exact) mass is 342 g/mol. The highest BCUT2D eigenvalue weighted by atomic mass is 79.9. The van der Waals surface area contributed by atoms with E-state index in [1.807, 2.05) is 12.1 Å². The van der Waals surface area contributed by atoms with Crippen LogP contribution in [0.3, 0.4) is 0 Å². The summed E-state index contributed by atoms with van der Waals surface area (Å²) in [6.07, 6.45) is 1.42. The first-order valence-corrected chi connectivity index (χ1v) is 7.17. The zero-order valence-corrected chi connectivity index (χ0v) is 12.6. The number of benzene rings is 2. The molecule has 0 spiro atoms. The summed E-state index contributed by atoms with van der Waals surface area (Å²) in [5.41, 5.74) is 0.988. The highest BCUT2D eigenvalue weighted by molar-refractivity contribution is 9.10. The molecular formula is C16H11BrN2O2. The van der Waals surface area contributed by atoms with Gasteiger partial charge in [-0.2, -0.15) is 0 Å². The van der Waals surface area contributed by atoms with Crippen LogP contribution in [0.25, 0.3) is 10.9 Å². The number of rotatable bonds is 3. The highest BCUT2D eigenvalue weighted by Crippen LogP contribution is 2.12. The Labute approximate surface area is 129 Å². The predicted octanol–water partition coefficient (Wildman–Crippen LogP) is 3.04. The number of fused-ring (bicyclic) bond motifs is 1. The van der Waals surface area contributed by atoms with Gasteiger partial charge in [-0.15, -0.1) is 0 Å². The molecule has 3 rings (SSSR count). The third-order valence-corrected chi connectivity index (χ3v) is 3.69. The Morgan fingerprint density at radius 3 is 2.76 bits per heavy atom. The second-order valence-electron chi connectivity index (χ2n) is 4.63. The minimum Gasteiger partial charge on any atom is -0.292 e. The van der Waals surface area contributed by atoms with Crippen molar-refractivity contribution in [2.24, 2.45) is 0 Å². The Morgan fingerprint density at radius 2 is 1.95 bits per heavy atom. The summed E-state index contributed by atoms with van der Waals surface area (Å²) in [5, 5.41) is 0.516. The molecule has 1 heterocycles. The summed E-state index contributed by atoms with van der Waals surface area (Å²) in [4.78, 5) is 28.8. The van der Waals surface area contributed by atoms with E-state index in [9.17, 15) is 9.59 Å². The minimum absolute atomic E-state index is 0.0207. The molecule has 0 aliphatic carbocycles. The van der Waals surface area contributed by atoms with Gasteiger partial charge < -0.3 is 0 Å². The number of nitrogens with zero attached hydrogens (tertiary/aromatic N) is 2. The molecule has 0 radical (unpaired) electrons. The Kier molecular flexibility index (Phi) is 3.66. The normalized spacial score (nSPS) is 10.7. The zero-order valence-electron chi connectivity index (χ0n) is 11.0. The molecule has 0 saturated heterocycles. The largest absolute Gasteiger partial charge is 0.292 e. The number of Topliss-reactive ketones (excluding diaryl/α,β-unsaturated/α-hetero) is 1. The molecule has 3 aromatic rings. The molecule has 0 N–H and O–H groups in total. The van der Waals surface area contributed by atoms with Crippen molar-refractivity contribution in [3.05, 3.63) is 75.2 Å². The molecule has 0 aliphatic rings. The van der Waals surface area contributed by atoms with Gasteiger partial charge in [0.1, 0.15) is 0 Å². The number of carbonyl (C=O) groups is 1. The molecule has 1 aromatic heterocycles. The standard InChI is InChI=1S/C16H11BrN2O2/c17-12-5-3-4-11(8-12)15(20)9-19-10-18-14-7-2-1-6-13(14)16(19)21/h1-8,10H,9H2. The van der Waals surface area contributed by atoms with Crippen LogP contribution in [0.1, 0.15) is 10.4 Å².